The summed E-state index contributed by atoms with van der Waals surface area (Å²) in [5, 5.41) is 19.8. The molecular formula is C11H11N2NaO3. The number of hydrogen-bond acceptors (Lipinski definition) is 4. The van der Waals surface area contributed by atoms with Gasteiger partial charge in [-0.1, -0.05) is 6.07 Å². The van der Waals surface area contributed by atoms with Gasteiger partial charge in [-0.3, -0.25) is 0 Å². The van der Waals surface area contributed by atoms with Gasteiger partial charge in [0.1, 0.15) is 5.97 Å². The molecular weight excluding hydrogens is 231 g/mol. The van der Waals surface area contributed by atoms with E-state index in [4.69, 9.17) is 5.11 Å². The van der Waals surface area contributed by atoms with Crippen molar-refractivity contribution in [1.29, 1.82) is 0 Å². The molecule has 1 N–H and O–H groups in total. The van der Waals surface area contributed by atoms with E-state index in [1.807, 2.05) is 19.1 Å². The normalized spacial score (nSPS) is 10.2. The average molecular weight is 242 g/mol. The van der Waals surface area contributed by atoms with Crippen molar-refractivity contribution < 1.29 is 44.6 Å². The van der Waals surface area contributed by atoms with Crippen molar-refractivity contribution in [3.05, 3.63) is 29.6 Å². The van der Waals surface area contributed by atoms with Crippen molar-refractivity contribution in [2.45, 2.75) is 13.5 Å². The van der Waals surface area contributed by atoms with E-state index in [0.717, 1.165) is 5.56 Å². The Morgan fingerprint density at radius 1 is 1.53 bits per heavy atom. The van der Waals surface area contributed by atoms with Crippen LogP contribution in [0.4, 0.5) is 0 Å². The minimum Gasteiger partial charge on any atom is -0.542 e. The van der Waals surface area contributed by atoms with Gasteiger partial charge in [0.05, 0.1) is 17.6 Å². The van der Waals surface area contributed by atoms with Crippen LogP contribution >= 0.6 is 0 Å². The van der Waals surface area contributed by atoms with Crippen LogP contribution in [0.1, 0.15) is 16.2 Å². The number of carbonyl (C=O) groups is 1. The number of carboxylic acid groups (broad SMARTS) is 1. The molecule has 0 atom stereocenters. The van der Waals surface area contributed by atoms with Crippen LogP contribution < -0.4 is 34.7 Å². The van der Waals surface area contributed by atoms with Crippen molar-refractivity contribution >= 4 is 17.0 Å². The van der Waals surface area contributed by atoms with E-state index < -0.39 is 5.97 Å². The number of aliphatic hydroxyl groups is 1. The Labute approximate surface area is 120 Å². The van der Waals surface area contributed by atoms with Gasteiger partial charge in [-0.05, 0) is 24.6 Å². The second-order valence-corrected chi connectivity index (χ2v) is 3.59. The number of imidazole rings is 1. The first kappa shape index (κ1) is 14.2. The van der Waals surface area contributed by atoms with Gasteiger partial charge in [0.25, 0.3) is 0 Å². The Bertz CT molecular complexity index is 551. The Hall–Kier alpha value is -0.880. The summed E-state index contributed by atoms with van der Waals surface area (Å²) in [6, 6.07) is 5.45. The summed E-state index contributed by atoms with van der Waals surface area (Å²) in [6.45, 7) is 1.97. The fourth-order valence-corrected chi connectivity index (χ4v) is 1.71. The van der Waals surface area contributed by atoms with Crippen LogP contribution in [-0.2, 0) is 6.54 Å². The molecule has 0 aliphatic carbocycles. The second kappa shape index (κ2) is 5.64. The van der Waals surface area contributed by atoms with E-state index in [9.17, 15) is 9.90 Å². The van der Waals surface area contributed by atoms with Gasteiger partial charge < -0.3 is 19.6 Å². The molecule has 6 heteroatoms. The second-order valence-electron chi connectivity index (χ2n) is 3.59. The number of rotatable bonds is 3. The molecule has 0 aliphatic rings. The van der Waals surface area contributed by atoms with E-state index in [0.29, 0.717) is 11.0 Å². The van der Waals surface area contributed by atoms with E-state index >= 15 is 0 Å². The van der Waals surface area contributed by atoms with Crippen LogP contribution in [0.5, 0.6) is 0 Å². The topological polar surface area (TPSA) is 78.2 Å². The fraction of sp³-hybridized carbons (Fsp3) is 0.273. The SMILES string of the molecule is Cc1ccc2nc(C(=O)[O-])n(CCO)c2c1.[Na+]. The van der Waals surface area contributed by atoms with Crippen molar-refractivity contribution in [2.24, 2.45) is 0 Å². The summed E-state index contributed by atoms with van der Waals surface area (Å²) in [5.41, 5.74) is 2.31. The molecule has 0 radical (unpaired) electrons. The average Bonchev–Trinajstić information content (AvgIpc) is 2.58. The zero-order chi connectivity index (χ0) is 11.7. The molecule has 1 aromatic heterocycles. The molecule has 0 aliphatic heterocycles. The number of aliphatic hydroxyl groups excluding tert-OH is 1. The third kappa shape index (κ3) is 2.69. The molecule has 0 spiro atoms. The smallest absolute Gasteiger partial charge is 0.542 e. The molecule has 17 heavy (non-hydrogen) atoms. The van der Waals surface area contributed by atoms with Crippen LogP contribution in [0.25, 0.3) is 11.0 Å². The zero-order valence-electron chi connectivity index (χ0n) is 9.80. The van der Waals surface area contributed by atoms with E-state index in [2.05, 4.69) is 4.98 Å². The number of aromatic nitrogens is 2. The van der Waals surface area contributed by atoms with E-state index in [1.165, 1.54) is 4.57 Å². The minimum absolute atomic E-state index is 0. The zero-order valence-corrected chi connectivity index (χ0v) is 11.8. The van der Waals surface area contributed by atoms with Gasteiger partial charge in [-0.25, -0.2) is 4.98 Å². The van der Waals surface area contributed by atoms with Gasteiger partial charge >= 0.3 is 29.6 Å². The number of fused-ring (bicyclic) bond motifs is 1. The van der Waals surface area contributed by atoms with Gasteiger partial charge in [-0.2, -0.15) is 0 Å². The monoisotopic (exact) mass is 242 g/mol. The maximum atomic E-state index is 10.9. The fourth-order valence-electron chi connectivity index (χ4n) is 1.71. The molecule has 1 aromatic carbocycles. The number of carboxylic acids is 1. The number of nitrogens with zero attached hydrogens (tertiary/aromatic N) is 2. The molecule has 1 heterocycles. The van der Waals surface area contributed by atoms with Crippen molar-refractivity contribution in [3.63, 3.8) is 0 Å². The molecule has 2 rings (SSSR count). The molecule has 0 fully saturated rings. The van der Waals surface area contributed by atoms with Crippen molar-refractivity contribution in [2.75, 3.05) is 6.61 Å². The van der Waals surface area contributed by atoms with Crippen LogP contribution in [-0.4, -0.2) is 27.2 Å². The molecule has 0 unspecified atom stereocenters. The predicted octanol–water partition coefficient (Wildman–Crippen LogP) is -3.30. The Morgan fingerprint density at radius 2 is 2.24 bits per heavy atom. The van der Waals surface area contributed by atoms with Crippen LogP contribution in [0.15, 0.2) is 18.2 Å². The third-order valence-electron chi connectivity index (χ3n) is 2.41. The summed E-state index contributed by atoms with van der Waals surface area (Å²) in [4.78, 5) is 14.8. The Kier molecular flexibility index (Phi) is 4.70. The van der Waals surface area contributed by atoms with Gasteiger partial charge in [-0.15, -0.1) is 0 Å². The molecule has 2 aromatic rings. The Morgan fingerprint density at radius 3 is 2.82 bits per heavy atom. The number of carbonyl (C=O) groups excluding carboxylic acids is 1. The van der Waals surface area contributed by atoms with Gasteiger partial charge in [0, 0.05) is 6.54 Å². The van der Waals surface area contributed by atoms with E-state index in [1.54, 1.807) is 6.07 Å². The quantitative estimate of drug-likeness (QED) is 0.572. The van der Waals surface area contributed by atoms with Crippen LogP contribution in [0.3, 0.4) is 0 Å². The maximum Gasteiger partial charge on any atom is 1.00 e. The minimum atomic E-state index is -1.33. The van der Waals surface area contributed by atoms with E-state index in [-0.39, 0.29) is 48.5 Å². The standard InChI is InChI=1S/C11H12N2O3.Na/c1-7-2-3-8-9(6-7)13(4-5-14)10(12-8)11(15)16;/h2-3,6,14H,4-5H2,1H3,(H,15,16);/q;+1/p-1. The number of benzene rings is 1. The largest absolute Gasteiger partial charge is 1.00 e. The van der Waals surface area contributed by atoms with Gasteiger partial charge in [0.2, 0.25) is 0 Å². The van der Waals surface area contributed by atoms with Crippen molar-refractivity contribution in [1.82, 2.24) is 9.55 Å². The molecule has 84 valence electrons. The molecule has 0 saturated heterocycles. The van der Waals surface area contributed by atoms with Gasteiger partial charge in [0.15, 0.2) is 5.82 Å². The summed E-state index contributed by atoms with van der Waals surface area (Å²) >= 11 is 0. The first-order chi connectivity index (χ1) is 7.63. The number of aromatic carboxylic acids is 1. The first-order valence-electron chi connectivity index (χ1n) is 4.92. The van der Waals surface area contributed by atoms with Crippen LogP contribution in [0.2, 0.25) is 0 Å². The molecule has 5 nitrogen and oxygen atoms in total. The Balaban J connectivity index is 0.00000144. The van der Waals surface area contributed by atoms with Crippen molar-refractivity contribution in [3.8, 4) is 0 Å². The summed E-state index contributed by atoms with van der Waals surface area (Å²) in [5.74, 6) is -1.48. The maximum absolute atomic E-state index is 10.9. The molecule has 0 bridgehead atoms. The molecule has 0 amide bonds. The van der Waals surface area contributed by atoms with Crippen LogP contribution in [0, 0.1) is 6.92 Å². The number of aryl methyl sites for hydroxylation is 1. The predicted molar refractivity (Wildman–Crippen MR) is 55.9 cm³/mol. The first-order valence-corrected chi connectivity index (χ1v) is 4.92. The summed E-state index contributed by atoms with van der Waals surface area (Å²) < 4.78 is 1.46. The number of hydrogen-bond donors (Lipinski definition) is 1. The summed E-state index contributed by atoms with van der Waals surface area (Å²) in [7, 11) is 0. The molecule has 0 saturated carbocycles. The summed E-state index contributed by atoms with van der Waals surface area (Å²) in [6.07, 6.45) is 0. The third-order valence-corrected chi connectivity index (χ3v) is 2.41.